The Kier molecular flexibility index (Phi) is 8.33. The number of nitrogens with two attached hydrogens (primary N) is 1. The van der Waals surface area contributed by atoms with Crippen molar-refractivity contribution in [2.75, 3.05) is 26.3 Å². The summed E-state index contributed by atoms with van der Waals surface area (Å²) in [5.74, 6) is -0.282. The smallest absolute Gasteiger partial charge is 0.246 e. The van der Waals surface area contributed by atoms with E-state index in [1.807, 2.05) is 6.92 Å². The Balaban J connectivity index is 2.86. The van der Waals surface area contributed by atoms with E-state index in [2.05, 4.69) is 0 Å². The molecule has 130 valence electrons. The lowest BCUT2D eigenvalue weighted by atomic mass is 9.99. The fourth-order valence-corrected chi connectivity index (χ4v) is 3.12. The monoisotopic (exact) mass is 343 g/mol. The fraction of sp³-hybridized carbons (Fsp3) is 0.625. The molecule has 5 nitrogen and oxygen atoms in total. The number of nitrogens with one attached hydrogen (secondary N) is 1. The van der Waals surface area contributed by atoms with Crippen molar-refractivity contribution in [2.45, 2.75) is 37.9 Å². The molecule has 1 atom stereocenters. The van der Waals surface area contributed by atoms with Crippen LogP contribution < -0.4 is 5.73 Å². The van der Waals surface area contributed by atoms with Gasteiger partial charge < -0.3 is 15.4 Å². The van der Waals surface area contributed by atoms with Crippen LogP contribution in [0.25, 0.3) is 0 Å². The summed E-state index contributed by atoms with van der Waals surface area (Å²) in [6.07, 6.45) is 6.15. The maximum Gasteiger partial charge on any atom is 0.246 e. The first-order chi connectivity index (χ1) is 10.9. The number of halogens is 1. The first kappa shape index (κ1) is 19.7. The number of morpholine rings is 1. The zero-order valence-corrected chi connectivity index (χ0v) is 14.6. The summed E-state index contributed by atoms with van der Waals surface area (Å²) >= 11 is 1.16. The van der Waals surface area contributed by atoms with Crippen molar-refractivity contribution < 1.29 is 13.9 Å². The molecule has 23 heavy (non-hydrogen) atoms. The SMILES string of the molecule is CC/C(F)=C\CC(/C=C/C(=O)N1CCOCC1)(CC)SC(=N)N. The number of nitrogens with zero attached hydrogens (tertiary/aromatic N) is 1. The van der Waals surface area contributed by atoms with Crippen molar-refractivity contribution in [1.29, 1.82) is 5.41 Å². The average Bonchev–Trinajstić information content (AvgIpc) is 2.57. The third kappa shape index (κ3) is 6.74. The molecule has 1 heterocycles. The molecule has 0 spiro atoms. The van der Waals surface area contributed by atoms with Crippen LogP contribution in [0.4, 0.5) is 4.39 Å². The second-order valence-corrected chi connectivity index (χ2v) is 6.82. The van der Waals surface area contributed by atoms with Crippen LogP contribution >= 0.6 is 11.8 Å². The van der Waals surface area contributed by atoms with E-state index in [4.69, 9.17) is 15.9 Å². The molecule has 0 bridgehead atoms. The number of rotatable bonds is 7. The quantitative estimate of drug-likeness (QED) is 0.423. The van der Waals surface area contributed by atoms with Crippen LogP contribution in [0.3, 0.4) is 0 Å². The molecule has 0 aromatic rings. The maximum absolute atomic E-state index is 13.5. The van der Waals surface area contributed by atoms with E-state index in [1.54, 1.807) is 17.9 Å². The van der Waals surface area contributed by atoms with Crippen molar-refractivity contribution in [3.63, 3.8) is 0 Å². The lowest BCUT2D eigenvalue weighted by Crippen LogP contribution is -2.40. The van der Waals surface area contributed by atoms with Gasteiger partial charge >= 0.3 is 0 Å². The van der Waals surface area contributed by atoms with Gasteiger partial charge in [0.25, 0.3) is 0 Å². The van der Waals surface area contributed by atoms with Gasteiger partial charge in [0.2, 0.25) is 5.91 Å². The van der Waals surface area contributed by atoms with Gasteiger partial charge in [0.05, 0.1) is 19.0 Å². The Morgan fingerprint density at radius 1 is 1.43 bits per heavy atom. The fourth-order valence-electron chi connectivity index (χ4n) is 2.24. The van der Waals surface area contributed by atoms with Gasteiger partial charge in [0.1, 0.15) is 0 Å². The molecular weight excluding hydrogens is 317 g/mol. The highest BCUT2D eigenvalue weighted by molar-refractivity contribution is 8.15. The molecule has 1 rings (SSSR count). The third-order valence-corrected chi connectivity index (χ3v) is 4.99. The van der Waals surface area contributed by atoms with Crippen LogP contribution in [-0.4, -0.2) is 47.0 Å². The molecule has 0 aromatic carbocycles. The molecule has 3 N–H and O–H groups in total. The van der Waals surface area contributed by atoms with Crippen LogP contribution in [0.2, 0.25) is 0 Å². The van der Waals surface area contributed by atoms with Crippen LogP contribution in [0, 0.1) is 5.41 Å². The van der Waals surface area contributed by atoms with Crippen molar-refractivity contribution in [3.05, 3.63) is 24.1 Å². The molecule has 1 unspecified atom stereocenters. The van der Waals surface area contributed by atoms with E-state index in [9.17, 15) is 9.18 Å². The number of amides is 1. The molecule has 1 amide bonds. The third-order valence-electron chi connectivity index (χ3n) is 3.77. The lowest BCUT2D eigenvalue weighted by Gasteiger charge is -2.28. The highest BCUT2D eigenvalue weighted by Crippen LogP contribution is 2.35. The lowest BCUT2D eigenvalue weighted by molar-refractivity contribution is -0.130. The standard InChI is InChI=1S/C16H26FN3O2S/c1-3-13(17)5-7-16(4-2,23-15(18)19)8-6-14(21)20-9-11-22-12-10-20/h5-6,8H,3-4,7,9-12H2,1-2H3,(H3,18,19)/b8-6+,13-5+. The summed E-state index contributed by atoms with van der Waals surface area (Å²) in [5.41, 5.74) is 5.53. The number of thioether (sulfide) groups is 1. The van der Waals surface area contributed by atoms with Gasteiger partial charge in [-0.3, -0.25) is 10.2 Å². The molecular formula is C16H26FN3O2S. The average molecular weight is 343 g/mol. The second-order valence-electron chi connectivity index (χ2n) is 5.36. The number of carbonyl (C=O) groups excluding carboxylic acids is 1. The normalized spacial score (nSPS) is 18.9. The molecule has 7 heteroatoms. The topological polar surface area (TPSA) is 79.4 Å². The van der Waals surface area contributed by atoms with Crippen molar-refractivity contribution in [1.82, 2.24) is 4.90 Å². The number of hydrogen-bond donors (Lipinski definition) is 2. The van der Waals surface area contributed by atoms with Gasteiger partial charge in [-0.2, -0.15) is 0 Å². The van der Waals surface area contributed by atoms with Crippen molar-refractivity contribution >= 4 is 22.8 Å². The summed E-state index contributed by atoms with van der Waals surface area (Å²) in [5, 5.41) is 7.50. The Morgan fingerprint density at radius 2 is 2.09 bits per heavy atom. The van der Waals surface area contributed by atoms with Gasteiger partial charge in [-0.05, 0) is 19.3 Å². The van der Waals surface area contributed by atoms with Gasteiger partial charge in [0.15, 0.2) is 5.17 Å². The Hall–Kier alpha value is -1.34. The molecule has 1 aliphatic rings. The zero-order chi connectivity index (χ0) is 17.3. The minimum absolute atomic E-state index is 0.0411. The Labute approximate surface area is 141 Å². The van der Waals surface area contributed by atoms with E-state index in [0.717, 1.165) is 11.8 Å². The van der Waals surface area contributed by atoms with E-state index in [1.165, 1.54) is 12.2 Å². The van der Waals surface area contributed by atoms with Crippen LogP contribution in [0.15, 0.2) is 24.1 Å². The minimum Gasteiger partial charge on any atom is -0.379 e. The highest BCUT2D eigenvalue weighted by atomic mass is 32.2. The number of amidine groups is 1. The van der Waals surface area contributed by atoms with Gasteiger partial charge in [-0.1, -0.05) is 37.8 Å². The molecule has 0 aromatic heterocycles. The summed E-state index contributed by atoms with van der Waals surface area (Å²) in [6, 6.07) is 0. The minimum atomic E-state index is -0.583. The van der Waals surface area contributed by atoms with E-state index >= 15 is 0 Å². The van der Waals surface area contributed by atoms with Gasteiger partial charge in [0, 0.05) is 23.9 Å². The van der Waals surface area contributed by atoms with Gasteiger partial charge in [-0.25, -0.2) is 4.39 Å². The summed E-state index contributed by atoms with van der Waals surface area (Å²) in [4.78, 5) is 14.0. The number of carbonyl (C=O) groups is 1. The summed E-state index contributed by atoms with van der Waals surface area (Å²) < 4.78 is 18.1. The second kappa shape index (κ2) is 9.72. The van der Waals surface area contributed by atoms with Gasteiger partial charge in [-0.15, -0.1) is 0 Å². The van der Waals surface area contributed by atoms with Crippen molar-refractivity contribution in [2.24, 2.45) is 5.73 Å². The van der Waals surface area contributed by atoms with E-state index in [0.29, 0.717) is 45.6 Å². The summed E-state index contributed by atoms with van der Waals surface area (Å²) in [6.45, 7) is 5.93. The molecule has 0 aliphatic carbocycles. The Bertz CT molecular complexity index is 476. The predicted octanol–water partition coefficient (Wildman–Crippen LogP) is 2.83. The highest BCUT2D eigenvalue weighted by Gasteiger charge is 2.27. The predicted molar refractivity (Wildman–Crippen MR) is 93.2 cm³/mol. The number of hydrogen-bond acceptors (Lipinski definition) is 4. The summed E-state index contributed by atoms with van der Waals surface area (Å²) in [7, 11) is 0. The van der Waals surface area contributed by atoms with Crippen LogP contribution in [-0.2, 0) is 9.53 Å². The Morgan fingerprint density at radius 3 is 2.61 bits per heavy atom. The first-order valence-electron chi connectivity index (χ1n) is 7.86. The molecule has 1 fully saturated rings. The molecule has 1 saturated heterocycles. The molecule has 0 saturated carbocycles. The maximum atomic E-state index is 13.5. The van der Waals surface area contributed by atoms with E-state index < -0.39 is 4.75 Å². The molecule has 1 aliphatic heterocycles. The van der Waals surface area contributed by atoms with E-state index in [-0.39, 0.29) is 16.9 Å². The van der Waals surface area contributed by atoms with Crippen molar-refractivity contribution in [3.8, 4) is 0 Å². The zero-order valence-electron chi connectivity index (χ0n) is 13.8. The number of allylic oxidation sites excluding steroid dienone is 2. The van der Waals surface area contributed by atoms with Crippen LogP contribution in [0.5, 0.6) is 0 Å². The van der Waals surface area contributed by atoms with Crippen LogP contribution in [0.1, 0.15) is 33.1 Å². The number of ether oxygens (including phenoxy) is 1. The molecule has 0 radical (unpaired) electrons. The first-order valence-corrected chi connectivity index (χ1v) is 8.67. The largest absolute Gasteiger partial charge is 0.379 e.